The van der Waals surface area contributed by atoms with Crippen LogP contribution in [-0.4, -0.2) is 14.8 Å². The van der Waals surface area contributed by atoms with Crippen molar-refractivity contribution >= 4 is 0 Å². The molecule has 0 saturated carbocycles. The van der Waals surface area contributed by atoms with Crippen LogP contribution in [0, 0.1) is 6.92 Å². The van der Waals surface area contributed by atoms with Crippen LogP contribution in [0.3, 0.4) is 0 Å². The molecule has 1 aromatic heterocycles. The number of benzene rings is 1. The molecule has 0 aliphatic heterocycles. The summed E-state index contributed by atoms with van der Waals surface area (Å²) < 4.78 is 1.83. The minimum Gasteiger partial charge on any atom is -0.221 e. The van der Waals surface area contributed by atoms with Gasteiger partial charge in [-0.2, -0.15) is 5.10 Å². The maximum absolute atomic E-state index is 4.50. The van der Waals surface area contributed by atoms with Crippen molar-refractivity contribution in [1.29, 1.82) is 0 Å². The lowest BCUT2D eigenvalue weighted by atomic mass is 9.96. The van der Waals surface area contributed by atoms with Gasteiger partial charge in [0.15, 0.2) is 5.82 Å². The molecule has 0 amide bonds. The third kappa shape index (κ3) is 2.13. The lowest BCUT2D eigenvalue weighted by Crippen LogP contribution is -2.14. The van der Waals surface area contributed by atoms with Crippen LogP contribution in [0.4, 0.5) is 0 Å². The topological polar surface area (TPSA) is 30.7 Å². The van der Waals surface area contributed by atoms with E-state index in [2.05, 4.69) is 49.9 Å². The predicted octanol–water partition coefficient (Wildman–Crippen LogP) is 2.87. The Morgan fingerprint density at radius 2 is 1.94 bits per heavy atom. The third-order valence-corrected chi connectivity index (χ3v) is 2.43. The van der Waals surface area contributed by atoms with E-state index in [9.17, 15) is 0 Å². The molecule has 84 valence electrons. The van der Waals surface area contributed by atoms with Gasteiger partial charge in [-0.15, -0.1) is 0 Å². The molecule has 0 radical (unpaired) electrons. The summed E-state index contributed by atoms with van der Waals surface area (Å²) in [5, 5.41) is 4.50. The Morgan fingerprint density at radius 3 is 2.50 bits per heavy atom. The van der Waals surface area contributed by atoms with Crippen molar-refractivity contribution in [2.75, 3.05) is 0 Å². The number of aryl methyl sites for hydroxylation is 1. The van der Waals surface area contributed by atoms with E-state index in [1.165, 1.54) is 5.56 Å². The smallest absolute Gasteiger partial charge is 0.156 e. The molecule has 0 atom stereocenters. The summed E-state index contributed by atoms with van der Waals surface area (Å²) in [6.07, 6.45) is 1.77. The standard InChI is InChI=1S/C13H17N3/c1-10-6-5-7-11(8-10)16-9-14-12(15-16)13(2,3)4/h5-9H,1-4H3. The Morgan fingerprint density at radius 1 is 1.19 bits per heavy atom. The highest BCUT2D eigenvalue weighted by molar-refractivity contribution is 5.34. The van der Waals surface area contributed by atoms with Crippen LogP contribution in [-0.2, 0) is 5.41 Å². The second-order valence-corrected chi connectivity index (χ2v) is 5.10. The van der Waals surface area contributed by atoms with Crippen LogP contribution < -0.4 is 0 Å². The fraction of sp³-hybridized carbons (Fsp3) is 0.385. The van der Waals surface area contributed by atoms with Crippen molar-refractivity contribution in [1.82, 2.24) is 14.8 Å². The Labute approximate surface area is 96.1 Å². The average molecular weight is 215 g/mol. The maximum Gasteiger partial charge on any atom is 0.156 e. The second-order valence-electron chi connectivity index (χ2n) is 5.10. The number of nitrogens with zero attached hydrogens (tertiary/aromatic N) is 3. The molecule has 0 unspecified atom stereocenters. The molecule has 3 heteroatoms. The molecule has 0 fully saturated rings. The van der Waals surface area contributed by atoms with E-state index in [0.29, 0.717) is 0 Å². The molecule has 2 aromatic rings. The maximum atomic E-state index is 4.50. The van der Waals surface area contributed by atoms with Gasteiger partial charge in [0, 0.05) is 5.41 Å². The molecule has 0 aliphatic rings. The summed E-state index contributed by atoms with van der Waals surface area (Å²) in [7, 11) is 0. The lowest BCUT2D eigenvalue weighted by molar-refractivity contribution is 0.543. The van der Waals surface area contributed by atoms with Gasteiger partial charge in [-0.05, 0) is 24.6 Å². The fourth-order valence-corrected chi connectivity index (χ4v) is 1.50. The van der Waals surface area contributed by atoms with Gasteiger partial charge in [0.05, 0.1) is 5.69 Å². The quantitative estimate of drug-likeness (QED) is 0.732. The average Bonchev–Trinajstić information content (AvgIpc) is 2.65. The van der Waals surface area contributed by atoms with Gasteiger partial charge in [0.1, 0.15) is 6.33 Å². The van der Waals surface area contributed by atoms with Crippen molar-refractivity contribution < 1.29 is 0 Å². The minimum absolute atomic E-state index is 0.00489. The summed E-state index contributed by atoms with van der Waals surface area (Å²) in [6, 6.07) is 8.24. The Kier molecular flexibility index (Phi) is 2.54. The SMILES string of the molecule is Cc1cccc(-n2cnc(C(C)(C)C)n2)c1. The van der Waals surface area contributed by atoms with E-state index >= 15 is 0 Å². The van der Waals surface area contributed by atoms with Crippen molar-refractivity contribution in [3.05, 3.63) is 42.0 Å². The van der Waals surface area contributed by atoms with Crippen LogP contribution in [0.15, 0.2) is 30.6 Å². The van der Waals surface area contributed by atoms with Gasteiger partial charge in [0.25, 0.3) is 0 Å². The third-order valence-electron chi connectivity index (χ3n) is 2.43. The van der Waals surface area contributed by atoms with E-state index in [1.54, 1.807) is 6.33 Å². The highest BCUT2D eigenvalue weighted by atomic mass is 15.3. The molecule has 3 nitrogen and oxygen atoms in total. The van der Waals surface area contributed by atoms with E-state index in [1.807, 2.05) is 16.8 Å². The Hall–Kier alpha value is -1.64. The van der Waals surface area contributed by atoms with E-state index < -0.39 is 0 Å². The second kappa shape index (κ2) is 3.74. The normalized spacial score (nSPS) is 11.8. The molecular formula is C13H17N3. The number of aromatic nitrogens is 3. The summed E-state index contributed by atoms with van der Waals surface area (Å²) in [4.78, 5) is 4.35. The zero-order valence-electron chi connectivity index (χ0n) is 10.2. The number of hydrogen-bond donors (Lipinski definition) is 0. The fourth-order valence-electron chi connectivity index (χ4n) is 1.50. The first-order chi connectivity index (χ1) is 7.47. The summed E-state index contributed by atoms with van der Waals surface area (Å²) in [6.45, 7) is 8.42. The minimum atomic E-state index is -0.00489. The first-order valence-electron chi connectivity index (χ1n) is 5.46. The number of hydrogen-bond acceptors (Lipinski definition) is 2. The first-order valence-corrected chi connectivity index (χ1v) is 5.46. The summed E-state index contributed by atoms with van der Waals surface area (Å²) in [5.74, 6) is 0.869. The van der Waals surface area contributed by atoms with Gasteiger partial charge < -0.3 is 0 Å². The first kappa shape index (κ1) is 10.9. The highest BCUT2D eigenvalue weighted by Gasteiger charge is 2.18. The monoisotopic (exact) mass is 215 g/mol. The molecule has 0 aliphatic carbocycles. The van der Waals surface area contributed by atoms with Crippen molar-refractivity contribution in [3.8, 4) is 5.69 Å². The van der Waals surface area contributed by atoms with E-state index in [-0.39, 0.29) is 5.41 Å². The number of rotatable bonds is 1. The zero-order valence-corrected chi connectivity index (χ0v) is 10.2. The van der Waals surface area contributed by atoms with E-state index in [0.717, 1.165) is 11.5 Å². The molecule has 1 aromatic carbocycles. The summed E-state index contributed by atoms with van der Waals surface area (Å²) in [5.41, 5.74) is 2.28. The molecule has 0 bridgehead atoms. The Bertz CT molecular complexity index is 492. The molecule has 0 N–H and O–H groups in total. The van der Waals surface area contributed by atoms with Crippen molar-refractivity contribution in [2.45, 2.75) is 33.1 Å². The highest BCUT2D eigenvalue weighted by Crippen LogP contribution is 2.18. The van der Waals surface area contributed by atoms with Crippen LogP contribution in [0.2, 0.25) is 0 Å². The molecule has 0 spiro atoms. The molecule has 0 saturated heterocycles. The predicted molar refractivity (Wildman–Crippen MR) is 64.8 cm³/mol. The van der Waals surface area contributed by atoms with Gasteiger partial charge >= 0.3 is 0 Å². The largest absolute Gasteiger partial charge is 0.221 e. The van der Waals surface area contributed by atoms with Crippen molar-refractivity contribution in [2.24, 2.45) is 0 Å². The van der Waals surface area contributed by atoms with Crippen molar-refractivity contribution in [3.63, 3.8) is 0 Å². The molecule has 16 heavy (non-hydrogen) atoms. The van der Waals surface area contributed by atoms with Crippen LogP contribution in [0.1, 0.15) is 32.2 Å². The van der Waals surface area contributed by atoms with Crippen LogP contribution in [0.25, 0.3) is 5.69 Å². The summed E-state index contributed by atoms with van der Waals surface area (Å²) >= 11 is 0. The van der Waals surface area contributed by atoms with Gasteiger partial charge in [-0.1, -0.05) is 32.9 Å². The van der Waals surface area contributed by atoms with Gasteiger partial charge in [-0.25, -0.2) is 9.67 Å². The lowest BCUT2D eigenvalue weighted by Gasteiger charge is -2.12. The van der Waals surface area contributed by atoms with Crippen LogP contribution in [0.5, 0.6) is 0 Å². The van der Waals surface area contributed by atoms with Gasteiger partial charge in [-0.3, -0.25) is 0 Å². The molecule has 2 rings (SSSR count). The Balaban J connectivity index is 2.39. The van der Waals surface area contributed by atoms with E-state index in [4.69, 9.17) is 0 Å². The molecular weight excluding hydrogens is 198 g/mol. The molecule has 1 heterocycles. The zero-order chi connectivity index (χ0) is 11.8. The van der Waals surface area contributed by atoms with Gasteiger partial charge in [0.2, 0.25) is 0 Å². The van der Waals surface area contributed by atoms with Crippen LogP contribution >= 0.6 is 0 Å².